The van der Waals surface area contributed by atoms with E-state index in [0.29, 0.717) is 0 Å². The number of phosphoric ester groups is 3. The van der Waals surface area contributed by atoms with Crippen molar-refractivity contribution in [1.82, 2.24) is 30.2 Å². The summed E-state index contributed by atoms with van der Waals surface area (Å²) in [5.74, 6) is -1.90. The number of nitrogens with two attached hydrogens (primary N) is 2. The number of aliphatic hydroxyl groups excluding tert-OH is 2. The number of thioether (sulfide) groups is 1. The number of carbonyl (C=O) groups is 3. The van der Waals surface area contributed by atoms with Crippen LogP contribution in [0.5, 0.6) is 5.75 Å². The zero-order valence-corrected chi connectivity index (χ0v) is 34.9. The summed E-state index contributed by atoms with van der Waals surface area (Å²) >= 11 is 6.57. The van der Waals surface area contributed by atoms with Crippen LogP contribution in [-0.4, -0.2) is 128 Å². The van der Waals surface area contributed by atoms with Gasteiger partial charge in [-0.25, -0.2) is 28.6 Å². The summed E-state index contributed by atoms with van der Waals surface area (Å²) in [5, 5.41) is 35.6. The number of phenols is 1. The van der Waals surface area contributed by atoms with Crippen molar-refractivity contribution >= 4 is 86.4 Å². The molecule has 3 aromatic rings. The van der Waals surface area contributed by atoms with E-state index in [1.54, 1.807) is 0 Å². The Morgan fingerprint density at radius 2 is 1.73 bits per heavy atom. The van der Waals surface area contributed by atoms with Gasteiger partial charge in [0.2, 0.25) is 16.9 Å². The first kappa shape index (κ1) is 48.3. The molecule has 0 spiro atoms. The number of rotatable bonds is 20. The molecule has 328 valence electrons. The van der Waals surface area contributed by atoms with Gasteiger partial charge < -0.3 is 61.7 Å². The molecule has 2 amide bonds. The number of aliphatic hydroxyl groups is 2. The quantitative estimate of drug-likeness (QED) is 0.0305. The van der Waals surface area contributed by atoms with Crippen molar-refractivity contribution in [3.05, 3.63) is 35.4 Å². The number of nitrogens with one attached hydrogen (secondary N) is 2. The number of phenolic OH excluding ortho intramolecular Hbond substituents is 1. The first-order valence-corrected chi connectivity index (χ1v) is 22.5. The van der Waals surface area contributed by atoms with Crippen LogP contribution in [-0.2, 0) is 45.9 Å². The maximum Gasteiger partial charge on any atom is 0.481 e. The second-order valence-electron chi connectivity index (χ2n) is 13.1. The monoisotopic (exact) mass is 936 g/mol. The van der Waals surface area contributed by atoms with Gasteiger partial charge in [-0.15, -0.1) is 0 Å². The molecule has 4 rings (SSSR count). The highest BCUT2D eigenvalue weighted by Gasteiger charge is 2.50. The number of imidazole rings is 1. The van der Waals surface area contributed by atoms with Crippen molar-refractivity contribution in [3.63, 3.8) is 0 Å². The van der Waals surface area contributed by atoms with Gasteiger partial charge >= 0.3 is 23.5 Å². The molecule has 13 N–H and O–H groups in total. The van der Waals surface area contributed by atoms with E-state index in [1.807, 2.05) is 0 Å². The van der Waals surface area contributed by atoms with Crippen molar-refractivity contribution in [2.45, 2.75) is 50.9 Å². The predicted octanol–water partition coefficient (Wildman–Crippen LogP) is -0.0803. The molecule has 1 fully saturated rings. The highest BCUT2D eigenvalue weighted by Crippen LogP contribution is 2.61. The zero-order chi connectivity index (χ0) is 44.1. The van der Waals surface area contributed by atoms with Gasteiger partial charge in [-0.2, -0.15) is 4.31 Å². The number of carbonyl (C=O) groups excluding carboxylic acids is 3. The topological polar surface area (TPSA) is 410 Å². The molecule has 0 bridgehead atoms. The standard InChI is InChI=1S/C28H40ClN8O18P3S/c1-28(2,22(41)25(42)33-6-5-16(38)32-7-8-59-27(43)13-3-4-14(29)19(39)17(13)30)10-52-58(49,50)55-57(47,48)51-9-15-21(54-56(44,45)46)20(40)26(53-15)37-12-36-18-23(31)34-11-35-24(18)37/h3-4,11-12,15,20-22,26,39-41H,5-10,30H2,1-2H3,(H,32,38)(H,33,42)(H,47,48)(H,49,50)(H2,31,34,35)(H2,44,45,46). The Balaban J connectivity index is 1.22. The number of aromatic nitrogens is 4. The fourth-order valence-corrected chi connectivity index (χ4v) is 8.83. The van der Waals surface area contributed by atoms with Crippen LogP contribution in [0, 0.1) is 5.41 Å². The number of amides is 2. The Hall–Kier alpha value is -3.33. The Morgan fingerprint density at radius 3 is 2.41 bits per heavy atom. The van der Waals surface area contributed by atoms with Gasteiger partial charge in [-0.3, -0.25) is 32.5 Å². The molecule has 7 unspecified atom stereocenters. The van der Waals surface area contributed by atoms with Crippen molar-refractivity contribution in [2.24, 2.45) is 5.41 Å². The van der Waals surface area contributed by atoms with Gasteiger partial charge in [0, 0.05) is 30.7 Å². The Bertz CT molecular complexity index is 2180. The average Bonchev–Trinajstić information content (AvgIpc) is 3.70. The third-order valence-corrected chi connectivity index (χ3v) is 12.4. The van der Waals surface area contributed by atoms with Crippen LogP contribution < -0.4 is 22.1 Å². The van der Waals surface area contributed by atoms with E-state index in [4.69, 9.17) is 36.9 Å². The fourth-order valence-electron chi connectivity index (χ4n) is 5.11. The summed E-state index contributed by atoms with van der Waals surface area (Å²) in [6.45, 7) is 0.163. The highest BCUT2D eigenvalue weighted by molar-refractivity contribution is 8.14. The molecule has 1 aromatic carbocycles. The maximum absolute atomic E-state index is 12.7. The van der Waals surface area contributed by atoms with E-state index in [0.717, 1.165) is 29.0 Å². The minimum absolute atomic E-state index is 0.0189. The Kier molecular flexibility index (Phi) is 16.0. The normalized spacial score (nSPS) is 21.1. The lowest BCUT2D eigenvalue weighted by Gasteiger charge is -2.30. The molecule has 2 aromatic heterocycles. The number of phosphoric acid groups is 3. The van der Waals surface area contributed by atoms with Crippen LogP contribution in [0.1, 0.15) is 36.9 Å². The van der Waals surface area contributed by atoms with Crippen molar-refractivity contribution < 1.29 is 85.6 Å². The number of anilines is 2. The molecular formula is C28H40ClN8O18P3S. The number of benzene rings is 1. The summed E-state index contributed by atoms with van der Waals surface area (Å²) in [6.07, 6.45) is -7.12. The maximum atomic E-state index is 12.7. The Morgan fingerprint density at radius 1 is 1.05 bits per heavy atom. The van der Waals surface area contributed by atoms with Crippen molar-refractivity contribution in [1.29, 1.82) is 0 Å². The molecule has 0 radical (unpaired) electrons. The number of fused-ring (bicyclic) bond motifs is 1. The molecule has 1 saturated heterocycles. The lowest BCUT2D eigenvalue weighted by atomic mass is 9.87. The number of nitrogens with zero attached hydrogens (tertiary/aromatic N) is 4. The van der Waals surface area contributed by atoms with Crippen LogP contribution in [0.3, 0.4) is 0 Å². The first-order chi connectivity index (χ1) is 27.3. The number of halogens is 1. The number of nitrogen functional groups attached to an aromatic ring is 2. The second-order valence-corrected chi connectivity index (χ2v) is 18.8. The van der Waals surface area contributed by atoms with E-state index >= 15 is 0 Å². The fraction of sp³-hybridized carbons (Fsp3) is 0.500. The van der Waals surface area contributed by atoms with Gasteiger partial charge in [0.05, 0.1) is 35.8 Å². The Labute approximate surface area is 342 Å². The minimum atomic E-state index is -5.60. The molecule has 31 heteroatoms. The van der Waals surface area contributed by atoms with Crippen LogP contribution in [0.2, 0.25) is 5.02 Å². The van der Waals surface area contributed by atoms with Crippen molar-refractivity contribution in [3.8, 4) is 5.75 Å². The lowest BCUT2D eigenvalue weighted by molar-refractivity contribution is -0.137. The second kappa shape index (κ2) is 19.6. The van der Waals surface area contributed by atoms with Gasteiger partial charge in [0.15, 0.2) is 23.4 Å². The van der Waals surface area contributed by atoms with E-state index in [-0.39, 0.29) is 58.5 Å². The van der Waals surface area contributed by atoms with E-state index in [2.05, 4.69) is 34.4 Å². The number of ether oxygens (including phenoxy) is 1. The van der Waals surface area contributed by atoms with Crippen LogP contribution in [0.25, 0.3) is 11.2 Å². The molecule has 26 nitrogen and oxygen atoms in total. The average molecular weight is 937 g/mol. The van der Waals surface area contributed by atoms with Crippen LogP contribution >= 0.6 is 46.8 Å². The molecule has 59 heavy (non-hydrogen) atoms. The van der Waals surface area contributed by atoms with Crippen molar-refractivity contribution in [2.75, 3.05) is 43.5 Å². The lowest BCUT2D eigenvalue weighted by Crippen LogP contribution is -2.46. The van der Waals surface area contributed by atoms with E-state index < -0.39 is 95.4 Å². The summed E-state index contributed by atoms with van der Waals surface area (Å²) in [6, 6.07) is 2.65. The third kappa shape index (κ3) is 13.1. The summed E-state index contributed by atoms with van der Waals surface area (Å²) < 4.78 is 62.1. The highest BCUT2D eigenvalue weighted by atomic mass is 35.5. The number of hydrogen-bond acceptors (Lipinski definition) is 20. The predicted molar refractivity (Wildman–Crippen MR) is 204 cm³/mol. The molecular weight excluding hydrogens is 897 g/mol. The number of hydrogen-bond donors (Lipinski definition) is 11. The molecule has 0 saturated carbocycles. The molecule has 3 heterocycles. The third-order valence-electron chi connectivity index (χ3n) is 8.12. The first-order valence-electron chi connectivity index (χ1n) is 16.7. The zero-order valence-electron chi connectivity index (χ0n) is 30.6. The van der Waals surface area contributed by atoms with E-state index in [1.165, 1.54) is 26.0 Å². The SMILES string of the molecule is CC(C)(COP(=O)(O)OP(=O)(O)OCC1OC(n2cnc3c(N)ncnc32)C(O)C1OP(=O)(O)O)C(O)C(=O)NCCC(=O)NCCSC(=O)c1ccc(Cl)c(O)c1N. The number of aromatic hydroxyl groups is 1. The van der Waals surface area contributed by atoms with Crippen LogP contribution in [0.15, 0.2) is 24.8 Å². The molecule has 7 atom stereocenters. The molecule has 1 aliphatic heterocycles. The van der Waals surface area contributed by atoms with Crippen LogP contribution in [0.4, 0.5) is 11.5 Å². The van der Waals surface area contributed by atoms with Gasteiger partial charge in [0.25, 0.3) is 0 Å². The smallest absolute Gasteiger partial charge is 0.481 e. The minimum Gasteiger partial charge on any atom is -0.504 e. The molecule has 0 aliphatic carbocycles. The van der Waals surface area contributed by atoms with Gasteiger partial charge in [0.1, 0.15) is 36.3 Å². The van der Waals surface area contributed by atoms with Gasteiger partial charge in [-0.1, -0.05) is 37.2 Å². The van der Waals surface area contributed by atoms with Gasteiger partial charge in [-0.05, 0) is 12.1 Å². The summed E-state index contributed by atoms with van der Waals surface area (Å²) in [5.41, 5.74) is 9.76. The summed E-state index contributed by atoms with van der Waals surface area (Å²) in [4.78, 5) is 88.1. The van der Waals surface area contributed by atoms with E-state index in [9.17, 15) is 63.0 Å². The largest absolute Gasteiger partial charge is 0.504 e. The summed E-state index contributed by atoms with van der Waals surface area (Å²) in [7, 11) is -16.5. The molecule has 1 aliphatic rings.